The number of pyridine rings is 1. The van der Waals surface area contributed by atoms with E-state index in [1.165, 1.54) is 32.1 Å². The molecule has 0 aliphatic heterocycles. The third-order valence-corrected chi connectivity index (χ3v) is 4.15. The molecule has 4 aromatic rings. The van der Waals surface area contributed by atoms with Gasteiger partial charge in [0, 0.05) is 10.8 Å². The topological polar surface area (TPSA) is 17.3 Å². The Morgan fingerprint density at radius 2 is 2.00 bits per heavy atom. The zero-order valence-electron chi connectivity index (χ0n) is 9.34. The molecule has 3 heteroatoms. The van der Waals surface area contributed by atoms with Gasteiger partial charge in [0.15, 0.2) is 0 Å². The van der Waals surface area contributed by atoms with Crippen molar-refractivity contribution in [3.63, 3.8) is 0 Å². The van der Waals surface area contributed by atoms with Gasteiger partial charge in [0.1, 0.15) is 0 Å². The summed E-state index contributed by atoms with van der Waals surface area (Å²) >= 11 is 1.78. The summed E-state index contributed by atoms with van der Waals surface area (Å²) in [7, 11) is 0. The summed E-state index contributed by atoms with van der Waals surface area (Å²) in [6.07, 6.45) is 1.87. The predicted molar refractivity (Wildman–Crippen MR) is 72.8 cm³/mol. The highest BCUT2D eigenvalue weighted by Crippen LogP contribution is 2.33. The molecule has 0 N–H and O–H groups in total. The Kier molecular flexibility index (Phi) is 1.66. The van der Waals surface area contributed by atoms with Gasteiger partial charge in [-0.2, -0.15) is 5.10 Å². The van der Waals surface area contributed by atoms with Gasteiger partial charge >= 0.3 is 0 Å². The van der Waals surface area contributed by atoms with Crippen LogP contribution in [0.5, 0.6) is 0 Å². The number of rotatable bonds is 0. The highest BCUT2D eigenvalue weighted by molar-refractivity contribution is 7.18. The zero-order valence-corrected chi connectivity index (χ0v) is 10.2. The van der Waals surface area contributed by atoms with Crippen LogP contribution in [-0.4, -0.2) is 9.61 Å². The van der Waals surface area contributed by atoms with E-state index < -0.39 is 0 Å². The molecule has 0 saturated carbocycles. The lowest BCUT2D eigenvalue weighted by atomic mass is 10.1. The maximum Gasteiger partial charge on any atom is 0.0847 e. The van der Waals surface area contributed by atoms with Gasteiger partial charge in [-0.25, -0.2) is 4.52 Å². The molecule has 0 spiro atoms. The van der Waals surface area contributed by atoms with E-state index in [0.717, 1.165) is 0 Å². The van der Waals surface area contributed by atoms with Crippen LogP contribution in [0.25, 0.3) is 26.5 Å². The molecule has 4 rings (SSSR count). The smallest absolute Gasteiger partial charge is 0.0847 e. The van der Waals surface area contributed by atoms with Crippen molar-refractivity contribution in [3.8, 4) is 0 Å². The van der Waals surface area contributed by atoms with Crippen LogP contribution in [-0.2, 0) is 0 Å². The average molecular weight is 238 g/mol. The number of nitrogens with zero attached hydrogens (tertiary/aromatic N) is 2. The molecular weight excluding hydrogens is 228 g/mol. The van der Waals surface area contributed by atoms with Crippen LogP contribution in [0.15, 0.2) is 41.9 Å². The Hall–Kier alpha value is -1.87. The van der Waals surface area contributed by atoms with Gasteiger partial charge < -0.3 is 0 Å². The average Bonchev–Trinajstić information content (AvgIpc) is 2.97. The molecule has 0 unspecified atom stereocenters. The van der Waals surface area contributed by atoms with E-state index in [-0.39, 0.29) is 0 Å². The van der Waals surface area contributed by atoms with Crippen LogP contribution in [0.1, 0.15) is 5.56 Å². The number of fused-ring (bicyclic) bond motifs is 6. The first kappa shape index (κ1) is 9.19. The lowest BCUT2D eigenvalue weighted by Crippen LogP contribution is -1.90. The Morgan fingerprint density at radius 3 is 2.94 bits per heavy atom. The Labute approximate surface area is 102 Å². The molecule has 17 heavy (non-hydrogen) atoms. The van der Waals surface area contributed by atoms with Crippen molar-refractivity contribution >= 4 is 37.8 Å². The van der Waals surface area contributed by atoms with Crippen molar-refractivity contribution in [3.05, 3.63) is 47.5 Å². The van der Waals surface area contributed by atoms with Gasteiger partial charge in [0.25, 0.3) is 0 Å². The van der Waals surface area contributed by atoms with Crippen molar-refractivity contribution in [1.29, 1.82) is 0 Å². The largest absolute Gasteiger partial charge is 0.232 e. The molecular formula is C14H10N2S. The summed E-state index contributed by atoms with van der Waals surface area (Å²) in [5.41, 5.74) is 3.67. The van der Waals surface area contributed by atoms with E-state index in [9.17, 15) is 0 Å². The second-order valence-corrected chi connectivity index (χ2v) is 5.23. The third kappa shape index (κ3) is 1.12. The van der Waals surface area contributed by atoms with Crippen LogP contribution in [0.2, 0.25) is 0 Å². The standard InChI is InChI=1S/C14H10N2S/c1-9-2-3-12-11(8-9)10-5-7-17-14(10)13-4-6-15-16(12)13/h2-8H,1H3. The van der Waals surface area contributed by atoms with Crippen molar-refractivity contribution < 1.29 is 0 Å². The zero-order chi connectivity index (χ0) is 11.4. The first-order valence-electron chi connectivity index (χ1n) is 5.58. The number of aromatic nitrogens is 2. The number of hydrogen-bond donors (Lipinski definition) is 0. The van der Waals surface area contributed by atoms with Crippen LogP contribution in [0.4, 0.5) is 0 Å². The molecule has 0 saturated heterocycles. The Morgan fingerprint density at radius 1 is 1.06 bits per heavy atom. The fraction of sp³-hybridized carbons (Fsp3) is 0.0714. The van der Waals surface area contributed by atoms with E-state index in [4.69, 9.17) is 0 Å². The second kappa shape index (κ2) is 3.08. The summed E-state index contributed by atoms with van der Waals surface area (Å²) in [6, 6.07) is 10.8. The lowest BCUT2D eigenvalue weighted by Gasteiger charge is -2.05. The predicted octanol–water partition coefficient (Wildman–Crippen LogP) is 4.01. The minimum atomic E-state index is 1.18. The van der Waals surface area contributed by atoms with E-state index in [1.807, 2.05) is 10.7 Å². The molecule has 0 aliphatic carbocycles. The molecule has 2 nitrogen and oxygen atoms in total. The van der Waals surface area contributed by atoms with Crippen LogP contribution >= 0.6 is 11.3 Å². The van der Waals surface area contributed by atoms with Crippen molar-refractivity contribution in [2.24, 2.45) is 0 Å². The molecule has 3 aromatic heterocycles. The normalized spacial score (nSPS) is 11.8. The van der Waals surface area contributed by atoms with Gasteiger partial charge in [0.05, 0.1) is 21.9 Å². The van der Waals surface area contributed by atoms with Crippen molar-refractivity contribution in [1.82, 2.24) is 9.61 Å². The number of thiophene rings is 1. The fourth-order valence-corrected chi connectivity index (χ4v) is 3.36. The summed E-state index contributed by atoms with van der Waals surface area (Å²) < 4.78 is 3.36. The molecule has 0 fully saturated rings. The molecule has 3 heterocycles. The van der Waals surface area contributed by atoms with Gasteiger partial charge in [-0.15, -0.1) is 11.3 Å². The van der Waals surface area contributed by atoms with Gasteiger partial charge in [-0.1, -0.05) is 11.6 Å². The molecule has 0 amide bonds. The molecule has 0 atom stereocenters. The Bertz CT molecular complexity index is 854. The van der Waals surface area contributed by atoms with Gasteiger partial charge in [-0.05, 0) is 36.6 Å². The SMILES string of the molecule is Cc1ccc2c(c1)c1ccsc1c1ccnn21. The molecule has 0 radical (unpaired) electrons. The summed E-state index contributed by atoms with van der Waals surface area (Å²) in [5.74, 6) is 0. The van der Waals surface area contributed by atoms with E-state index in [2.05, 4.69) is 47.7 Å². The van der Waals surface area contributed by atoms with E-state index in [0.29, 0.717) is 0 Å². The van der Waals surface area contributed by atoms with E-state index >= 15 is 0 Å². The number of benzene rings is 1. The fourth-order valence-electron chi connectivity index (χ4n) is 2.44. The molecule has 0 aliphatic rings. The van der Waals surface area contributed by atoms with Gasteiger partial charge in [0.2, 0.25) is 0 Å². The molecule has 82 valence electrons. The minimum absolute atomic E-state index is 1.18. The summed E-state index contributed by atoms with van der Waals surface area (Å²) in [4.78, 5) is 0. The Balaban J connectivity index is 2.45. The van der Waals surface area contributed by atoms with E-state index in [1.54, 1.807) is 11.3 Å². The highest BCUT2D eigenvalue weighted by atomic mass is 32.1. The summed E-state index contributed by atoms with van der Waals surface area (Å²) in [6.45, 7) is 2.13. The van der Waals surface area contributed by atoms with Gasteiger partial charge in [-0.3, -0.25) is 0 Å². The quantitative estimate of drug-likeness (QED) is 0.452. The second-order valence-electron chi connectivity index (χ2n) is 4.31. The van der Waals surface area contributed by atoms with Crippen LogP contribution in [0, 0.1) is 6.92 Å². The van der Waals surface area contributed by atoms with Crippen LogP contribution in [0.3, 0.4) is 0 Å². The first-order chi connectivity index (χ1) is 8.34. The maximum atomic E-state index is 4.43. The minimum Gasteiger partial charge on any atom is -0.232 e. The highest BCUT2D eigenvalue weighted by Gasteiger charge is 2.09. The summed E-state index contributed by atoms with van der Waals surface area (Å²) in [5, 5.41) is 9.21. The molecule has 1 aromatic carbocycles. The monoisotopic (exact) mass is 238 g/mol. The maximum absolute atomic E-state index is 4.43. The van der Waals surface area contributed by atoms with Crippen molar-refractivity contribution in [2.45, 2.75) is 6.92 Å². The lowest BCUT2D eigenvalue weighted by molar-refractivity contribution is 1.01. The first-order valence-corrected chi connectivity index (χ1v) is 6.46. The van der Waals surface area contributed by atoms with Crippen molar-refractivity contribution in [2.75, 3.05) is 0 Å². The number of hydrogen-bond acceptors (Lipinski definition) is 2. The number of aryl methyl sites for hydroxylation is 1. The third-order valence-electron chi connectivity index (χ3n) is 3.21. The molecule has 0 bridgehead atoms. The van der Waals surface area contributed by atoms with Crippen LogP contribution < -0.4 is 0 Å².